The monoisotopic (exact) mass is 395 g/mol. The zero-order valence-corrected chi connectivity index (χ0v) is 16.1. The van der Waals surface area contributed by atoms with Crippen molar-refractivity contribution >= 4 is 27.1 Å². The number of benzene rings is 1. The van der Waals surface area contributed by atoms with Crippen LogP contribution in [-0.2, 0) is 21.2 Å². The molecular weight excluding hydrogens is 374 g/mol. The van der Waals surface area contributed by atoms with Crippen molar-refractivity contribution in [2.45, 2.75) is 19.0 Å². The molecule has 1 aromatic carbocycles. The third kappa shape index (κ3) is 4.76. The summed E-state index contributed by atoms with van der Waals surface area (Å²) in [6.45, 7) is 0.275. The molecule has 0 saturated carbocycles. The number of sulfone groups is 1. The summed E-state index contributed by atoms with van der Waals surface area (Å²) in [5.41, 5.74) is 0. The second kappa shape index (κ2) is 8.09. The minimum absolute atomic E-state index is 0.0205. The lowest BCUT2D eigenvalue weighted by molar-refractivity contribution is -0.135. The third-order valence-electron chi connectivity index (χ3n) is 4.30. The van der Waals surface area contributed by atoms with Crippen LogP contribution in [0.15, 0.2) is 41.8 Å². The van der Waals surface area contributed by atoms with Crippen LogP contribution in [0.4, 0.5) is 0 Å². The lowest BCUT2D eigenvalue weighted by atomic mass is 10.2. The van der Waals surface area contributed by atoms with E-state index >= 15 is 0 Å². The molecule has 0 aliphatic carbocycles. The van der Waals surface area contributed by atoms with E-state index in [2.05, 4.69) is 0 Å². The number of thiophene rings is 1. The van der Waals surface area contributed by atoms with Crippen molar-refractivity contribution in [3.8, 4) is 11.5 Å². The number of carbonyl (C=O) groups is 1. The molecule has 8 heteroatoms. The SMILES string of the molecule is COc1ccc(OCC(=O)N(Cc2cccs2)[C@@H]2CCS(=O)(=O)C2)cc1. The maximum atomic E-state index is 12.7. The molecule has 1 aliphatic rings. The maximum absolute atomic E-state index is 12.7. The molecule has 3 rings (SSSR count). The molecular formula is C18H21NO5S2. The standard InChI is InChI=1S/C18H21NO5S2/c1-23-15-4-6-16(7-5-15)24-12-18(20)19(11-17-3-2-9-25-17)14-8-10-26(21,22)13-14/h2-7,9,14H,8,10-13H2,1H3/t14-/m1/s1. The fourth-order valence-electron chi connectivity index (χ4n) is 2.91. The zero-order chi connectivity index (χ0) is 18.6. The topological polar surface area (TPSA) is 72.9 Å². The predicted molar refractivity (Wildman–Crippen MR) is 100 cm³/mol. The van der Waals surface area contributed by atoms with Crippen LogP contribution >= 0.6 is 11.3 Å². The summed E-state index contributed by atoms with van der Waals surface area (Å²) in [6, 6.07) is 10.5. The van der Waals surface area contributed by atoms with Gasteiger partial charge in [0.1, 0.15) is 11.5 Å². The Hall–Kier alpha value is -2.06. The van der Waals surface area contributed by atoms with Gasteiger partial charge in [-0.2, -0.15) is 0 Å². The largest absolute Gasteiger partial charge is 0.497 e. The number of hydrogen-bond acceptors (Lipinski definition) is 6. The first-order chi connectivity index (χ1) is 12.5. The quantitative estimate of drug-likeness (QED) is 0.720. The van der Waals surface area contributed by atoms with Crippen LogP contribution in [0.25, 0.3) is 0 Å². The van der Waals surface area contributed by atoms with E-state index in [1.807, 2.05) is 17.5 Å². The summed E-state index contributed by atoms with van der Waals surface area (Å²) >= 11 is 1.55. The molecule has 0 unspecified atom stereocenters. The number of ether oxygens (including phenoxy) is 2. The molecule has 1 aliphatic heterocycles. The lowest BCUT2D eigenvalue weighted by Crippen LogP contribution is -2.42. The van der Waals surface area contributed by atoms with Crippen molar-refractivity contribution in [1.29, 1.82) is 0 Å². The van der Waals surface area contributed by atoms with Gasteiger partial charge in [-0.1, -0.05) is 6.07 Å². The Kier molecular flexibility index (Phi) is 5.83. The molecule has 26 heavy (non-hydrogen) atoms. The van der Waals surface area contributed by atoms with E-state index in [0.29, 0.717) is 24.5 Å². The first-order valence-corrected chi connectivity index (χ1v) is 11.0. The molecule has 140 valence electrons. The fourth-order valence-corrected chi connectivity index (χ4v) is 5.35. The van der Waals surface area contributed by atoms with Gasteiger partial charge in [0.25, 0.3) is 5.91 Å². The number of carbonyl (C=O) groups excluding carboxylic acids is 1. The maximum Gasteiger partial charge on any atom is 0.261 e. The van der Waals surface area contributed by atoms with Crippen LogP contribution in [0.5, 0.6) is 11.5 Å². The number of hydrogen-bond donors (Lipinski definition) is 0. The minimum atomic E-state index is -3.07. The van der Waals surface area contributed by atoms with E-state index < -0.39 is 9.84 Å². The van der Waals surface area contributed by atoms with Crippen LogP contribution in [0, 0.1) is 0 Å². The Balaban J connectivity index is 1.67. The lowest BCUT2D eigenvalue weighted by Gasteiger charge is -2.28. The van der Waals surface area contributed by atoms with Gasteiger partial charge in [0.2, 0.25) is 0 Å². The molecule has 0 N–H and O–H groups in total. The first-order valence-electron chi connectivity index (χ1n) is 8.26. The van der Waals surface area contributed by atoms with Gasteiger partial charge < -0.3 is 14.4 Å². The highest BCUT2D eigenvalue weighted by Crippen LogP contribution is 2.23. The van der Waals surface area contributed by atoms with E-state index in [4.69, 9.17) is 9.47 Å². The summed E-state index contributed by atoms with van der Waals surface area (Å²) in [5.74, 6) is 1.21. The Bertz CT molecular complexity index is 831. The predicted octanol–water partition coefficient (Wildman–Crippen LogP) is 2.35. The summed E-state index contributed by atoms with van der Waals surface area (Å²) < 4.78 is 34.3. The Morgan fingerprint density at radius 2 is 1.96 bits per heavy atom. The summed E-state index contributed by atoms with van der Waals surface area (Å²) in [4.78, 5) is 15.4. The average molecular weight is 396 g/mol. The van der Waals surface area contributed by atoms with Gasteiger partial charge in [-0.05, 0) is 42.1 Å². The molecule has 0 spiro atoms. The molecule has 6 nitrogen and oxygen atoms in total. The van der Waals surface area contributed by atoms with Crippen LogP contribution in [0.1, 0.15) is 11.3 Å². The molecule has 1 amide bonds. The van der Waals surface area contributed by atoms with Gasteiger partial charge in [-0.15, -0.1) is 11.3 Å². The van der Waals surface area contributed by atoms with Gasteiger partial charge in [0.05, 0.1) is 25.2 Å². The highest BCUT2D eigenvalue weighted by molar-refractivity contribution is 7.91. The van der Waals surface area contributed by atoms with E-state index in [1.54, 1.807) is 47.6 Å². The normalized spacial score (nSPS) is 18.4. The van der Waals surface area contributed by atoms with Crippen LogP contribution in [-0.4, -0.2) is 50.5 Å². The Labute approximate surface area is 157 Å². The van der Waals surface area contributed by atoms with Crippen molar-refractivity contribution in [1.82, 2.24) is 4.90 Å². The molecule has 0 bridgehead atoms. The number of amides is 1. The summed E-state index contributed by atoms with van der Waals surface area (Å²) in [5, 5.41) is 1.94. The molecule has 1 atom stereocenters. The van der Waals surface area contributed by atoms with Crippen LogP contribution < -0.4 is 9.47 Å². The highest BCUT2D eigenvalue weighted by atomic mass is 32.2. The number of methoxy groups -OCH3 is 1. The van der Waals surface area contributed by atoms with Crippen molar-refractivity contribution in [3.05, 3.63) is 46.7 Å². The molecule has 0 radical (unpaired) electrons. The zero-order valence-electron chi connectivity index (χ0n) is 14.5. The third-order valence-corrected chi connectivity index (χ3v) is 6.91. The summed E-state index contributed by atoms with van der Waals surface area (Å²) in [7, 11) is -1.49. The highest BCUT2D eigenvalue weighted by Gasteiger charge is 2.34. The van der Waals surface area contributed by atoms with Gasteiger partial charge in [0, 0.05) is 10.9 Å². The molecule has 2 aromatic rings. The van der Waals surface area contributed by atoms with Crippen molar-refractivity contribution in [2.75, 3.05) is 25.2 Å². The minimum Gasteiger partial charge on any atom is -0.497 e. The summed E-state index contributed by atoms with van der Waals surface area (Å²) in [6.07, 6.45) is 0.474. The van der Waals surface area contributed by atoms with Crippen molar-refractivity contribution < 1.29 is 22.7 Å². The van der Waals surface area contributed by atoms with Gasteiger partial charge in [0.15, 0.2) is 16.4 Å². The van der Waals surface area contributed by atoms with E-state index in [1.165, 1.54) is 0 Å². The smallest absolute Gasteiger partial charge is 0.261 e. The molecule has 1 aromatic heterocycles. The second-order valence-electron chi connectivity index (χ2n) is 6.12. The number of nitrogens with zero attached hydrogens (tertiary/aromatic N) is 1. The number of rotatable bonds is 7. The van der Waals surface area contributed by atoms with E-state index in [9.17, 15) is 13.2 Å². The molecule has 1 fully saturated rings. The van der Waals surface area contributed by atoms with Gasteiger partial charge >= 0.3 is 0 Å². The van der Waals surface area contributed by atoms with Crippen LogP contribution in [0.2, 0.25) is 0 Å². The average Bonchev–Trinajstić information content (AvgIpc) is 3.27. The molecule has 2 heterocycles. The first kappa shape index (κ1) is 18.7. The fraction of sp³-hybridized carbons (Fsp3) is 0.389. The Morgan fingerprint density at radius 1 is 1.23 bits per heavy atom. The van der Waals surface area contributed by atoms with Gasteiger partial charge in [-0.25, -0.2) is 8.42 Å². The van der Waals surface area contributed by atoms with Crippen LogP contribution in [0.3, 0.4) is 0 Å². The van der Waals surface area contributed by atoms with Crippen molar-refractivity contribution in [3.63, 3.8) is 0 Å². The van der Waals surface area contributed by atoms with E-state index in [0.717, 1.165) is 4.88 Å². The Morgan fingerprint density at radius 3 is 2.54 bits per heavy atom. The van der Waals surface area contributed by atoms with Crippen molar-refractivity contribution in [2.24, 2.45) is 0 Å². The second-order valence-corrected chi connectivity index (χ2v) is 9.38. The van der Waals surface area contributed by atoms with E-state index in [-0.39, 0.29) is 30.1 Å². The molecule has 1 saturated heterocycles. The van der Waals surface area contributed by atoms with Gasteiger partial charge in [-0.3, -0.25) is 4.79 Å².